The number of hydrogen-bond donors (Lipinski definition) is 0. The van der Waals surface area contributed by atoms with Crippen LogP contribution in [0.15, 0.2) is 42.0 Å². The van der Waals surface area contributed by atoms with Crippen LogP contribution in [0, 0.1) is 6.92 Å². The molecule has 0 bridgehead atoms. The van der Waals surface area contributed by atoms with E-state index >= 15 is 0 Å². The summed E-state index contributed by atoms with van der Waals surface area (Å²) in [6.45, 7) is 8.62. The summed E-state index contributed by atoms with van der Waals surface area (Å²) in [6.07, 6.45) is 5.50. The molecule has 0 aromatic heterocycles. The molecule has 1 aromatic carbocycles. The summed E-state index contributed by atoms with van der Waals surface area (Å²) < 4.78 is 0. The van der Waals surface area contributed by atoms with Crippen LogP contribution in [-0.4, -0.2) is 0 Å². The third-order valence-electron chi connectivity index (χ3n) is 2.68. The van der Waals surface area contributed by atoms with Gasteiger partial charge < -0.3 is 0 Å². The number of rotatable bonds is 3. The van der Waals surface area contributed by atoms with Crippen LogP contribution in [0.2, 0.25) is 0 Å². The molecule has 0 unspecified atom stereocenters. The Bertz CT molecular complexity index is 364. The van der Waals surface area contributed by atoms with E-state index in [0.717, 1.165) is 6.42 Å². The molecule has 0 amide bonds. The molecule has 80 valence electrons. The first-order valence-electron chi connectivity index (χ1n) is 5.56. The van der Waals surface area contributed by atoms with Crippen LogP contribution < -0.4 is 0 Å². The maximum atomic E-state index is 2.20. The summed E-state index contributed by atoms with van der Waals surface area (Å²) in [7, 11) is 0. The van der Waals surface area contributed by atoms with Crippen molar-refractivity contribution in [3.8, 4) is 0 Å². The Balaban J connectivity index is 2.96. The van der Waals surface area contributed by atoms with Crippen LogP contribution >= 0.6 is 0 Å². The highest BCUT2D eigenvalue weighted by molar-refractivity contribution is 5.68. The minimum absolute atomic E-state index is 1.10. The van der Waals surface area contributed by atoms with Gasteiger partial charge in [0.15, 0.2) is 0 Å². The minimum Gasteiger partial charge on any atom is -0.0845 e. The maximum Gasteiger partial charge on any atom is -0.0225 e. The molecule has 0 nitrogen and oxygen atoms in total. The van der Waals surface area contributed by atoms with Crippen molar-refractivity contribution >= 4 is 5.57 Å². The number of allylic oxidation sites excluding steroid dienone is 4. The van der Waals surface area contributed by atoms with Crippen LogP contribution in [0.3, 0.4) is 0 Å². The molecular formula is C15H20. The van der Waals surface area contributed by atoms with Crippen molar-refractivity contribution in [1.82, 2.24) is 0 Å². The Labute approximate surface area is 93.3 Å². The van der Waals surface area contributed by atoms with Gasteiger partial charge in [-0.2, -0.15) is 0 Å². The predicted octanol–water partition coefficient (Wildman–Crippen LogP) is 4.75. The lowest BCUT2D eigenvalue weighted by molar-refractivity contribution is 1.22. The van der Waals surface area contributed by atoms with Gasteiger partial charge in [-0.1, -0.05) is 48.9 Å². The largest absolute Gasteiger partial charge is 0.0845 e. The van der Waals surface area contributed by atoms with E-state index in [-0.39, 0.29) is 0 Å². The second kappa shape index (κ2) is 5.55. The zero-order valence-electron chi connectivity index (χ0n) is 10.2. The standard InChI is InChI=1S/C15H20/c1-5-6-7-13(3)14(4)15-10-8-12(2)9-11-15/h6-11H,5H2,1-4H3/b7-6-,14-13+. The van der Waals surface area contributed by atoms with Crippen molar-refractivity contribution in [2.45, 2.75) is 34.1 Å². The summed E-state index contributed by atoms with van der Waals surface area (Å²) in [6, 6.07) is 8.70. The van der Waals surface area contributed by atoms with Gasteiger partial charge in [0.05, 0.1) is 0 Å². The highest BCUT2D eigenvalue weighted by atomic mass is 14.0. The smallest absolute Gasteiger partial charge is 0.0225 e. The molecule has 0 fully saturated rings. The fourth-order valence-corrected chi connectivity index (χ4v) is 1.45. The SMILES string of the molecule is CC/C=C\C(C)=C(/C)c1ccc(C)cc1. The molecule has 0 atom stereocenters. The van der Waals surface area contributed by atoms with E-state index in [1.807, 2.05) is 0 Å². The first kappa shape index (κ1) is 11.8. The lowest BCUT2D eigenvalue weighted by atomic mass is 10.0. The minimum atomic E-state index is 1.10. The zero-order valence-corrected chi connectivity index (χ0v) is 10.2. The molecule has 0 radical (unpaired) electrons. The summed E-state index contributed by atoms with van der Waals surface area (Å²) in [5.41, 5.74) is 5.34. The first-order chi connectivity index (χ1) is 7.15. The Morgan fingerprint density at radius 1 is 1.13 bits per heavy atom. The van der Waals surface area contributed by atoms with E-state index in [9.17, 15) is 0 Å². The fourth-order valence-electron chi connectivity index (χ4n) is 1.45. The van der Waals surface area contributed by atoms with E-state index in [1.54, 1.807) is 0 Å². The zero-order chi connectivity index (χ0) is 11.3. The molecule has 0 aliphatic carbocycles. The Morgan fingerprint density at radius 2 is 1.73 bits per heavy atom. The molecule has 0 N–H and O–H groups in total. The second-order valence-corrected chi connectivity index (χ2v) is 3.98. The van der Waals surface area contributed by atoms with Crippen molar-refractivity contribution in [3.05, 3.63) is 53.1 Å². The average Bonchev–Trinajstić information content (AvgIpc) is 2.26. The maximum absolute atomic E-state index is 2.20. The second-order valence-electron chi connectivity index (χ2n) is 3.98. The predicted molar refractivity (Wildman–Crippen MR) is 68.9 cm³/mol. The van der Waals surface area contributed by atoms with E-state index in [2.05, 4.69) is 64.1 Å². The lowest BCUT2D eigenvalue weighted by Gasteiger charge is -2.05. The van der Waals surface area contributed by atoms with E-state index in [1.165, 1.54) is 22.3 Å². The van der Waals surface area contributed by atoms with E-state index in [0.29, 0.717) is 0 Å². The monoisotopic (exact) mass is 200 g/mol. The van der Waals surface area contributed by atoms with Crippen LogP contribution in [0.1, 0.15) is 38.3 Å². The molecule has 1 aromatic rings. The molecule has 0 heterocycles. The highest BCUT2D eigenvalue weighted by Crippen LogP contribution is 2.19. The Hall–Kier alpha value is -1.30. The van der Waals surface area contributed by atoms with Gasteiger partial charge in [0, 0.05) is 0 Å². The van der Waals surface area contributed by atoms with Gasteiger partial charge in [0.2, 0.25) is 0 Å². The van der Waals surface area contributed by atoms with Gasteiger partial charge in [-0.3, -0.25) is 0 Å². The summed E-state index contributed by atoms with van der Waals surface area (Å²) in [4.78, 5) is 0. The average molecular weight is 200 g/mol. The highest BCUT2D eigenvalue weighted by Gasteiger charge is 1.97. The summed E-state index contributed by atoms with van der Waals surface area (Å²) in [5.74, 6) is 0. The van der Waals surface area contributed by atoms with Crippen LogP contribution in [0.25, 0.3) is 5.57 Å². The van der Waals surface area contributed by atoms with E-state index in [4.69, 9.17) is 0 Å². The Kier molecular flexibility index (Phi) is 4.36. The molecule has 1 rings (SSSR count). The van der Waals surface area contributed by atoms with Crippen molar-refractivity contribution < 1.29 is 0 Å². The third kappa shape index (κ3) is 3.39. The van der Waals surface area contributed by atoms with Gasteiger partial charge in [0.1, 0.15) is 0 Å². The van der Waals surface area contributed by atoms with Crippen molar-refractivity contribution in [2.75, 3.05) is 0 Å². The van der Waals surface area contributed by atoms with Crippen molar-refractivity contribution in [2.24, 2.45) is 0 Å². The van der Waals surface area contributed by atoms with Crippen LogP contribution in [-0.2, 0) is 0 Å². The van der Waals surface area contributed by atoms with Gasteiger partial charge >= 0.3 is 0 Å². The van der Waals surface area contributed by atoms with Gasteiger partial charge in [-0.05, 0) is 43.9 Å². The Morgan fingerprint density at radius 3 is 2.27 bits per heavy atom. The molecule has 0 aliphatic heterocycles. The number of hydrogen-bond acceptors (Lipinski definition) is 0. The van der Waals surface area contributed by atoms with Gasteiger partial charge in [-0.15, -0.1) is 0 Å². The van der Waals surface area contributed by atoms with Crippen LogP contribution in [0.4, 0.5) is 0 Å². The molecule has 0 saturated heterocycles. The first-order valence-corrected chi connectivity index (χ1v) is 5.56. The summed E-state index contributed by atoms with van der Waals surface area (Å²) >= 11 is 0. The lowest BCUT2D eigenvalue weighted by Crippen LogP contribution is -1.83. The molecule has 0 heteroatoms. The van der Waals surface area contributed by atoms with E-state index < -0.39 is 0 Å². The normalized spacial score (nSPS) is 13.1. The van der Waals surface area contributed by atoms with Crippen molar-refractivity contribution in [1.29, 1.82) is 0 Å². The summed E-state index contributed by atoms with van der Waals surface area (Å²) in [5, 5.41) is 0. The third-order valence-corrected chi connectivity index (χ3v) is 2.68. The fraction of sp³-hybridized carbons (Fsp3) is 0.333. The number of benzene rings is 1. The molecular weight excluding hydrogens is 180 g/mol. The molecule has 0 saturated carbocycles. The quantitative estimate of drug-likeness (QED) is 0.617. The number of aryl methyl sites for hydroxylation is 1. The van der Waals surface area contributed by atoms with Crippen LogP contribution in [0.5, 0.6) is 0 Å². The molecule has 15 heavy (non-hydrogen) atoms. The molecule has 0 spiro atoms. The van der Waals surface area contributed by atoms with Gasteiger partial charge in [0.25, 0.3) is 0 Å². The van der Waals surface area contributed by atoms with Gasteiger partial charge in [-0.25, -0.2) is 0 Å². The topological polar surface area (TPSA) is 0 Å². The van der Waals surface area contributed by atoms with Crippen molar-refractivity contribution in [3.63, 3.8) is 0 Å². The molecule has 0 aliphatic rings.